The summed E-state index contributed by atoms with van der Waals surface area (Å²) in [7, 11) is 1.52. The minimum Gasteiger partial charge on any atom is -0.497 e. The van der Waals surface area contributed by atoms with Crippen LogP contribution < -0.4 is 4.74 Å². The van der Waals surface area contributed by atoms with Crippen molar-refractivity contribution in [3.8, 4) is 22.9 Å². The van der Waals surface area contributed by atoms with Crippen molar-refractivity contribution in [2.75, 3.05) is 7.11 Å². The number of aromatic carboxylic acids is 1. The summed E-state index contributed by atoms with van der Waals surface area (Å²) in [6.07, 6.45) is 2.63. The lowest BCUT2D eigenvalue weighted by Gasteiger charge is -2.21. The van der Waals surface area contributed by atoms with Crippen LogP contribution >= 0.6 is 0 Å². The first-order valence-corrected chi connectivity index (χ1v) is 13.2. The quantitative estimate of drug-likeness (QED) is 0.188. The molecule has 0 aliphatic carbocycles. The molecule has 0 aliphatic rings. The minimum atomic E-state index is -1.07. The number of nitriles is 1. The summed E-state index contributed by atoms with van der Waals surface area (Å²) < 4.78 is 11.1. The van der Waals surface area contributed by atoms with Crippen molar-refractivity contribution in [1.29, 1.82) is 5.26 Å². The van der Waals surface area contributed by atoms with Crippen LogP contribution in [-0.4, -0.2) is 29.1 Å². The lowest BCUT2D eigenvalue weighted by Crippen LogP contribution is -2.10. The molecule has 5 rings (SSSR count). The van der Waals surface area contributed by atoms with E-state index in [4.69, 9.17) is 9.47 Å². The predicted molar refractivity (Wildman–Crippen MR) is 156 cm³/mol. The maximum atomic E-state index is 13.5. The van der Waals surface area contributed by atoms with E-state index >= 15 is 0 Å². The molecule has 4 aromatic carbocycles. The van der Waals surface area contributed by atoms with Crippen molar-refractivity contribution < 1.29 is 24.2 Å². The van der Waals surface area contributed by atoms with Crippen molar-refractivity contribution in [2.45, 2.75) is 25.9 Å². The van der Waals surface area contributed by atoms with Crippen molar-refractivity contribution in [1.82, 2.24) is 4.98 Å². The number of rotatable bonds is 9. The van der Waals surface area contributed by atoms with Crippen LogP contribution in [0.25, 0.3) is 22.0 Å². The van der Waals surface area contributed by atoms with Crippen LogP contribution in [0.3, 0.4) is 0 Å². The van der Waals surface area contributed by atoms with Gasteiger partial charge in [0.2, 0.25) is 0 Å². The fraction of sp³-hybridized carbons (Fsp3) is 0.147. The first-order chi connectivity index (χ1) is 19.9. The number of hydrogen-bond donors (Lipinski definition) is 2. The summed E-state index contributed by atoms with van der Waals surface area (Å²) in [5, 5.41) is 20.1. The number of aromatic amines is 1. The SMILES string of the molecule is CCC(c1ccc(C(=O)O)cc1-c1ccc(OC)cc1C(=O)OCc1ccccc1)c1c[nH]c2cc(C#N)ccc12. The Bertz CT molecular complexity index is 1780. The van der Waals surface area contributed by atoms with Gasteiger partial charge in [0.15, 0.2) is 0 Å². The number of carboxylic acid groups (broad SMARTS) is 1. The largest absolute Gasteiger partial charge is 0.497 e. The highest BCUT2D eigenvalue weighted by atomic mass is 16.5. The Hall–Kier alpha value is -5.35. The van der Waals surface area contributed by atoms with Crippen LogP contribution in [0.2, 0.25) is 0 Å². The van der Waals surface area contributed by atoms with Gasteiger partial charge in [0.25, 0.3) is 0 Å². The number of hydrogen-bond acceptors (Lipinski definition) is 5. The Morgan fingerprint density at radius 3 is 2.46 bits per heavy atom. The summed E-state index contributed by atoms with van der Waals surface area (Å²) in [6.45, 7) is 2.15. The Morgan fingerprint density at radius 2 is 1.76 bits per heavy atom. The Balaban J connectivity index is 1.65. The van der Waals surface area contributed by atoms with E-state index in [-0.39, 0.29) is 23.7 Å². The Labute approximate surface area is 237 Å². The molecule has 5 aromatic rings. The van der Waals surface area contributed by atoms with Gasteiger partial charge in [-0.15, -0.1) is 0 Å². The Morgan fingerprint density at radius 1 is 0.951 bits per heavy atom. The smallest absolute Gasteiger partial charge is 0.339 e. The van der Waals surface area contributed by atoms with Gasteiger partial charge < -0.3 is 19.6 Å². The predicted octanol–water partition coefficient (Wildman–Crippen LogP) is 7.31. The molecular formula is C34H28N2O5. The van der Waals surface area contributed by atoms with E-state index in [1.807, 2.05) is 54.7 Å². The molecule has 1 aromatic heterocycles. The monoisotopic (exact) mass is 544 g/mol. The number of aromatic nitrogens is 1. The number of benzene rings is 4. The number of methoxy groups -OCH3 is 1. The fourth-order valence-corrected chi connectivity index (χ4v) is 5.20. The average molecular weight is 545 g/mol. The lowest BCUT2D eigenvalue weighted by molar-refractivity contribution is 0.0473. The second-order valence-electron chi connectivity index (χ2n) is 9.66. The minimum absolute atomic E-state index is 0.0932. The number of carboxylic acids is 1. The standard InChI is InChI=1S/C34H28N2O5/c1-3-25(31-19-36-32-15-22(18-35)9-12-28(31)32)26-13-10-23(33(37)38)16-29(26)27-14-11-24(40-2)17-30(27)34(39)41-20-21-7-5-4-6-8-21/h4-17,19,25,36H,3,20H2,1-2H3,(H,37,38). The fourth-order valence-electron chi connectivity index (χ4n) is 5.20. The molecule has 0 radical (unpaired) electrons. The number of H-pyrrole nitrogens is 1. The molecule has 2 N–H and O–H groups in total. The summed E-state index contributed by atoms with van der Waals surface area (Å²) in [4.78, 5) is 28.8. The molecule has 41 heavy (non-hydrogen) atoms. The first kappa shape index (κ1) is 27.2. The van der Waals surface area contributed by atoms with Crippen LogP contribution in [0.15, 0.2) is 91.1 Å². The molecule has 0 saturated carbocycles. The zero-order chi connectivity index (χ0) is 28.9. The Kier molecular flexibility index (Phi) is 7.84. The van der Waals surface area contributed by atoms with Crippen LogP contribution in [0.4, 0.5) is 0 Å². The van der Waals surface area contributed by atoms with E-state index in [1.54, 1.807) is 36.4 Å². The third-order valence-corrected chi connectivity index (χ3v) is 7.25. The van der Waals surface area contributed by atoms with Gasteiger partial charge in [-0.3, -0.25) is 0 Å². The average Bonchev–Trinajstić information content (AvgIpc) is 3.43. The maximum absolute atomic E-state index is 13.5. The molecule has 7 heteroatoms. The highest BCUT2D eigenvalue weighted by Gasteiger charge is 2.25. The van der Waals surface area contributed by atoms with Gasteiger partial charge in [-0.2, -0.15) is 5.26 Å². The zero-order valence-electron chi connectivity index (χ0n) is 22.7. The van der Waals surface area contributed by atoms with E-state index in [9.17, 15) is 20.0 Å². The topological polar surface area (TPSA) is 112 Å². The van der Waals surface area contributed by atoms with Crippen molar-refractivity contribution in [2.24, 2.45) is 0 Å². The molecule has 7 nitrogen and oxygen atoms in total. The van der Waals surface area contributed by atoms with Crippen LogP contribution in [-0.2, 0) is 11.3 Å². The van der Waals surface area contributed by atoms with E-state index < -0.39 is 11.9 Å². The molecule has 0 spiro atoms. The first-order valence-electron chi connectivity index (χ1n) is 13.2. The molecule has 0 saturated heterocycles. The van der Waals surface area contributed by atoms with Crippen molar-refractivity contribution in [3.05, 3.63) is 125 Å². The van der Waals surface area contributed by atoms with Crippen LogP contribution in [0.1, 0.15) is 62.2 Å². The summed E-state index contributed by atoms with van der Waals surface area (Å²) >= 11 is 0. The van der Waals surface area contributed by atoms with Gasteiger partial charge in [0, 0.05) is 23.0 Å². The number of fused-ring (bicyclic) bond motifs is 1. The van der Waals surface area contributed by atoms with Crippen LogP contribution in [0, 0.1) is 11.3 Å². The number of nitrogens with zero attached hydrogens (tertiary/aromatic N) is 1. The number of esters is 1. The normalized spacial score (nSPS) is 11.5. The molecule has 1 heterocycles. The van der Waals surface area contributed by atoms with Gasteiger partial charge in [-0.05, 0) is 76.7 Å². The second kappa shape index (κ2) is 11.8. The van der Waals surface area contributed by atoms with Crippen molar-refractivity contribution in [3.63, 3.8) is 0 Å². The second-order valence-corrected chi connectivity index (χ2v) is 9.66. The van der Waals surface area contributed by atoms with Gasteiger partial charge in [-0.1, -0.05) is 49.4 Å². The number of carbonyl (C=O) groups is 2. The van der Waals surface area contributed by atoms with Gasteiger partial charge in [0.1, 0.15) is 12.4 Å². The molecule has 0 aliphatic heterocycles. The lowest BCUT2D eigenvalue weighted by atomic mass is 9.82. The maximum Gasteiger partial charge on any atom is 0.339 e. The highest BCUT2D eigenvalue weighted by Crippen LogP contribution is 2.41. The molecule has 204 valence electrons. The van der Waals surface area contributed by atoms with Gasteiger partial charge >= 0.3 is 11.9 Å². The highest BCUT2D eigenvalue weighted by molar-refractivity contribution is 6.00. The van der Waals surface area contributed by atoms with E-state index in [0.717, 1.165) is 27.6 Å². The third-order valence-electron chi connectivity index (χ3n) is 7.25. The third kappa shape index (κ3) is 5.54. The number of ether oxygens (including phenoxy) is 2. The van der Waals surface area contributed by atoms with Crippen molar-refractivity contribution >= 4 is 22.8 Å². The van der Waals surface area contributed by atoms with E-state index in [1.165, 1.54) is 7.11 Å². The molecule has 1 unspecified atom stereocenters. The molecule has 0 bridgehead atoms. The zero-order valence-corrected chi connectivity index (χ0v) is 22.7. The summed E-state index contributed by atoms with van der Waals surface area (Å²) in [5.74, 6) is -1.26. The summed E-state index contributed by atoms with van der Waals surface area (Å²) in [5.41, 5.74) is 5.68. The van der Waals surface area contributed by atoms with E-state index in [0.29, 0.717) is 28.9 Å². The van der Waals surface area contributed by atoms with E-state index in [2.05, 4.69) is 18.0 Å². The van der Waals surface area contributed by atoms with Crippen LogP contribution in [0.5, 0.6) is 5.75 Å². The molecule has 0 fully saturated rings. The molecular weight excluding hydrogens is 516 g/mol. The summed E-state index contributed by atoms with van der Waals surface area (Å²) in [6, 6.07) is 27.2. The van der Waals surface area contributed by atoms with Gasteiger partial charge in [-0.25, -0.2) is 9.59 Å². The molecule has 1 atom stereocenters. The molecule has 0 amide bonds. The number of nitrogens with one attached hydrogen (secondary N) is 1. The van der Waals surface area contributed by atoms with Gasteiger partial charge in [0.05, 0.1) is 29.9 Å². The number of carbonyl (C=O) groups excluding carboxylic acids is 1.